The molecule has 0 aromatic carbocycles. The Kier molecular flexibility index (Phi) is 2.81. The molecule has 3 rings (SSSR count). The second-order valence-corrected chi connectivity index (χ2v) is 5.14. The maximum atomic E-state index is 11.2. The molecule has 0 saturated carbocycles. The Balaban J connectivity index is 1.76. The van der Waals surface area contributed by atoms with Gasteiger partial charge >= 0.3 is 5.97 Å². The molecule has 2 aliphatic heterocycles. The van der Waals surface area contributed by atoms with Gasteiger partial charge in [0.2, 0.25) is 0 Å². The van der Waals surface area contributed by atoms with Gasteiger partial charge in [-0.3, -0.25) is 9.69 Å². The lowest BCUT2D eigenvalue weighted by Gasteiger charge is -2.22. The van der Waals surface area contributed by atoms with E-state index in [-0.39, 0.29) is 12.0 Å². The van der Waals surface area contributed by atoms with Gasteiger partial charge in [0.1, 0.15) is 12.2 Å². The maximum absolute atomic E-state index is 11.2. The molecule has 6 nitrogen and oxygen atoms in total. The predicted octanol–water partition coefficient (Wildman–Crippen LogP) is 0.735. The fourth-order valence-corrected chi connectivity index (χ4v) is 3.45. The molecule has 98 valence electrons. The number of aliphatic carboxylic acids is 1. The monoisotopic (exact) mass is 250 g/mol. The number of rotatable bonds is 4. The van der Waals surface area contributed by atoms with Crippen molar-refractivity contribution < 1.29 is 9.90 Å². The van der Waals surface area contributed by atoms with Gasteiger partial charge in [0.05, 0.1) is 12.5 Å². The van der Waals surface area contributed by atoms with Crippen LogP contribution in [0.15, 0.2) is 6.33 Å². The first-order valence-corrected chi connectivity index (χ1v) is 6.56. The highest BCUT2D eigenvalue weighted by Crippen LogP contribution is 2.42. The van der Waals surface area contributed by atoms with Crippen molar-refractivity contribution in [3.63, 3.8) is 0 Å². The molecule has 1 aromatic heterocycles. The van der Waals surface area contributed by atoms with Crippen LogP contribution in [-0.2, 0) is 17.9 Å². The lowest BCUT2D eigenvalue weighted by atomic mass is 9.89. The maximum Gasteiger partial charge on any atom is 0.308 e. The second-order valence-electron chi connectivity index (χ2n) is 5.14. The van der Waals surface area contributed by atoms with Crippen LogP contribution in [0.5, 0.6) is 0 Å². The van der Waals surface area contributed by atoms with E-state index >= 15 is 0 Å². The van der Waals surface area contributed by atoms with Gasteiger partial charge in [-0.1, -0.05) is 0 Å². The Bertz CT molecular complexity index is 459. The molecular formula is C12H18N4O2. The lowest BCUT2D eigenvalue weighted by molar-refractivity contribution is -0.142. The first-order chi connectivity index (χ1) is 8.70. The Hall–Kier alpha value is -1.43. The summed E-state index contributed by atoms with van der Waals surface area (Å²) in [5, 5.41) is 13.4. The zero-order valence-electron chi connectivity index (χ0n) is 10.5. The first-order valence-electron chi connectivity index (χ1n) is 6.56. The minimum atomic E-state index is -0.649. The Morgan fingerprint density at radius 1 is 1.56 bits per heavy atom. The molecule has 0 spiro atoms. The number of carbonyl (C=O) groups is 1. The van der Waals surface area contributed by atoms with E-state index in [1.54, 1.807) is 6.33 Å². The van der Waals surface area contributed by atoms with E-state index in [4.69, 9.17) is 0 Å². The predicted molar refractivity (Wildman–Crippen MR) is 63.8 cm³/mol. The van der Waals surface area contributed by atoms with Gasteiger partial charge in [0.25, 0.3) is 0 Å². The van der Waals surface area contributed by atoms with E-state index < -0.39 is 5.97 Å². The van der Waals surface area contributed by atoms with E-state index in [2.05, 4.69) is 15.0 Å². The fraction of sp³-hybridized carbons (Fsp3) is 0.750. The molecule has 0 amide bonds. The molecule has 2 aliphatic rings. The van der Waals surface area contributed by atoms with Gasteiger partial charge in [-0.15, -0.1) is 0 Å². The van der Waals surface area contributed by atoms with Crippen molar-refractivity contribution in [2.75, 3.05) is 0 Å². The van der Waals surface area contributed by atoms with Crippen LogP contribution in [0.4, 0.5) is 0 Å². The molecule has 1 aromatic rings. The first kappa shape index (κ1) is 11.6. The molecule has 2 fully saturated rings. The largest absolute Gasteiger partial charge is 0.481 e. The highest BCUT2D eigenvalue weighted by Gasteiger charge is 2.49. The molecule has 3 atom stereocenters. The van der Waals surface area contributed by atoms with Gasteiger partial charge in [-0.05, 0) is 26.2 Å². The van der Waals surface area contributed by atoms with Crippen LogP contribution in [-0.4, -0.2) is 42.8 Å². The van der Waals surface area contributed by atoms with E-state index in [1.807, 2.05) is 11.6 Å². The normalized spacial score (nSPS) is 31.1. The summed E-state index contributed by atoms with van der Waals surface area (Å²) in [7, 11) is 0. The Morgan fingerprint density at radius 2 is 2.39 bits per heavy atom. The molecule has 1 N–H and O–H groups in total. The van der Waals surface area contributed by atoms with Crippen molar-refractivity contribution in [1.29, 1.82) is 0 Å². The van der Waals surface area contributed by atoms with Crippen LogP contribution in [0.25, 0.3) is 0 Å². The van der Waals surface area contributed by atoms with Crippen molar-refractivity contribution in [3.05, 3.63) is 12.2 Å². The smallest absolute Gasteiger partial charge is 0.308 e. The summed E-state index contributed by atoms with van der Waals surface area (Å²) in [6, 6.07) is 0.604. The number of fused-ring (bicyclic) bond motifs is 2. The molecule has 0 aliphatic carbocycles. The zero-order valence-corrected chi connectivity index (χ0v) is 10.5. The van der Waals surface area contributed by atoms with Gasteiger partial charge in [0.15, 0.2) is 0 Å². The number of hydrogen-bond donors (Lipinski definition) is 1. The third-order valence-electron chi connectivity index (χ3n) is 4.32. The summed E-state index contributed by atoms with van der Waals surface area (Å²) in [6.45, 7) is 3.57. The summed E-state index contributed by atoms with van der Waals surface area (Å²) < 4.78 is 1.88. The van der Waals surface area contributed by atoms with E-state index in [9.17, 15) is 9.90 Å². The quantitative estimate of drug-likeness (QED) is 0.853. The van der Waals surface area contributed by atoms with Crippen LogP contribution < -0.4 is 0 Å². The van der Waals surface area contributed by atoms with E-state index in [0.717, 1.165) is 38.2 Å². The Labute approximate surface area is 106 Å². The van der Waals surface area contributed by atoms with Gasteiger partial charge < -0.3 is 5.11 Å². The van der Waals surface area contributed by atoms with Crippen LogP contribution >= 0.6 is 0 Å². The molecule has 2 bridgehead atoms. The van der Waals surface area contributed by atoms with E-state index in [0.29, 0.717) is 6.04 Å². The molecule has 3 unspecified atom stereocenters. The molecule has 18 heavy (non-hydrogen) atoms. The average molecular weight is 250 g/mol. The molecule has 2 saturated heterocycles. The summed E-state index contributed by atoms with van der Waals surface area (Å²) >= 11 is 0. The van der Waals surface area contributed by atoms with Crippen LogP contribution in [0.1, 0.15) is 32.0 Å². The highest BCUT2D eigenvalue weighted by molar-refractivity contribution is 5.71. The van der Waals surface area contributed by atoms with Gasteiger partial charge in [0, 0.05) is 18.6 Å². The number of carboxylic acids is 1. The fourth-order valence-electron chi connectivity index (χ4n) is 3.45. The van der Waals surface area contributed by atoms with Crippen LogP contribution in [0, 0.1) is 5.92 Å². The van der Waals surface area contributed by atoms with Crippen molar-refractivity contribution in [2.24, 2.45) is 5.92 Å². The summed E-state index contributed by atoms with van der Waals surface area (Å²) in [5.74, 6) is 0.103. The summed E-state index contributed by atoms with van der Waals surface area (Å²) in [4.78, 5) is 17.8. The molecule has 0 radical (unpaired) electrons. The number of aryl methyl sites for hydroxylation is 1. The Morgan fingerprint density at radius 3 is 3.06 bits per heavy atom. The van der Waals surface area contributed by atoms with Crippen LogP contribution in [0.2, 0.25) is 0 Å². The van der Waals surface area contributed by atoms with Gasteiger partial charge in [-0.2, -0.15) is 5.10 Å². The number of nitrogens with zero attached hydrogens (tertiary/aromatic N) is 4. The van der Waals surface area contributed by atoms with Gasteiger partial charge in [-0.25, -0.2) is 9.67 Å². The number of aromatic nitrogens is 3. The van der Waals surface area contributed by atoms with Crippen molar-refractivity contribution in [3.8, 4) is 0 Å². The van der Waals surface area contributed by atoms with Crippen LogP contribution in [0.3, 0.4) is 0 Å². The zero-order chi connectivity index (χ0) is 12.7. The minimum Gasteiger partial charge on any atom is -0.481 e. The average Bonchev–Trinajstić information content (AvgIpc) is 3.04. The number of hydrogen-bond acceptors (Lipinski definition) is 4. The summed E-state index contributed by atoms with van der Waals surface area (Å²) in [5.41, 5.74) is 0. The third-order valence-corrected chi connectivity index (χ3v) is 4.32. The lowest BCUT2D eigenvalue weighted by Crippen LogP contribution is -2.33. The molecule has 6 heteroatoms. The van der Waals surface area contributed by atoms with E-state index in [1.165, 1.54) is 0 Å². The highest BCUT2D eigenvalue weighted by atomic mass is 16.4. The molecular weight excluding hydrogens is 232 g/mol. The topological polar surface area (TPSA) is 71.2 Å². The second kappa shape index (κ2) is 4.35. The summed E-state index contributed by atoms with van der Waals surface area (Å²) in [6.07, 6.45) is 4.49. The van der Waals surface area contributed by atoms with Crippen molar-refractivity contribution in [2.45, 2.75) is 51.4 Å². The number of carboxylic acid groups (broad SMARTS) is 1. The minimum absolute atomic E-state index is 0.189. The SMILES string of the molecule is CCn1ncnc1CN1C2CCC1C(C(=O)O)C2. The standard InChI is InChI=1S/C12H18N4O2/c1-2-16-11(13-7-14-16)6-15-8-3-4-10(15)9(5-8)12(17)18/h7-10H,2-6H2,1H3,(H,17,18). The third kappa shape index (κ3) is 1.71. The van der Waals surface area contributed by atoms with Crippen molar-refractivity contribution in [1.82, 2.24) is 19.7 Å². The molecule has 3 heterocycles. The van der Waals surface area contributed by atoms with Crippen molar-refractivity contribution >= 4 is 5.97 Å².